The summed E-state index contributed by atoms with van der Waals surface area (Å²) in [6.07, 6.45) is 5.64. The lowest BCUT2D eigenvalue weighted by Crippen LogP contribution is -2.06. The number of allylic oxidation sites excluding steroid dienone is 1. The first-order valence-corrected chi connectivity index (χ1v) is 5.87. The Bertz CT molecular complexity index is 442. The van der Waals surface area contributed by atoms with Crippen LogP contribution in [0.15, 0.2) is 35.5 Å². The van der Waals surface area contributed by atoms with E-state index in [9.17, 15) is 5.11 Å². The third kappa shape index (κ3) is 2.67. The highest BCUT2D eigenvalue weighted by Gasteiger charge is 2.18. The predicted octanol–water partition coefficient (Wildman–Crippen LogP) is 3.41. The maximum absolute atomic E-state index is 9.59. The van der Waals surface area contributed by atoms with E-state index in [-0.39, 0.29) is 5.75 Å². The molecule has 1 fully saturated rings. The van der Waals surface area contributed by atoms with Gasteiger partial charge in [-0.05, 0) is 49.3 Å². The highest BCUT2D eigenvalue weighted by molar-refractivity contribution is 5.83. The van der Waals surface area contributed by atoms with Crippen molar-refractivity contribution in [2.24, 2.45) is 5.16 Å². The summed E-state index contributed by atoms with van der Waals surface area (Å²) in [7, 11) is 0. The Morgan fingerprint density at radius 2 is 2.00 bits per heavy atom. The molecule has 1 aromatic rings. The van der Waals surface area contributed by atoms with Crippen LogP contribution in [0.2, 0.25) is 0 Å². The zero-order valence-corrected chi connectivity index (χ0v) is 9.76. The molecule has 1 saturated carbocycles. The summed E-state index contributed by atoms with van der Waals surface area (Å²) in [5.41, 5.74) is 3.09. The maximum atomic E-state index is 9.59. The van der Waals surface area contributed by atoms with E-state index in [0.717, 1.165) is 25.7 Å². The number of rotatable bonds is 2. The molecule has 0 atom stereocenters. The fraction of sp³-hybridized carbons (Fsp3) is 0.357. The summed E-state index contributed by atoms with van der Waals surface area (Å²) in [5, 5.41) is 21.1. The van der Waals surface area contributed by atoms with Gasteiger partial charge in [0.25, 0.3) is 0 Å². The summed E-state index contributed by atoms with van der Waals surface area (Å²) in [4.78, 5) is 0. The van der Waals surface area contributed by atoms with Crippen molar-refractivity contribution in [3.63, 3.8) is 0 Å². The first-order valence-electron chi connectivity index (χ1n) is 5.87. The number of benzene rings is 1. The molecule has 0 heterocycles. The molecule has 1 aliphatic carbocycles. The van der Waals surface area contributed by atoms with Gasteiger partial charge in [0.2, 0.25) is 0 Å². The average Bonchev–Trinajstić information content (AvgIpc) is 2.33. The van der Waals surface area contributed by atoms with Crippen molar-refractivity contribution >= 4 is 6.21 Å². The molecule has 3 nitrogen and oxygen atoms in total. The van der Waals surface area contributed by atoms with Gasteiger partial charge >= 0.3 is 0 Å². The minimum Gasteiger partial charge on any atom is -0.507 e. The van der Waals surface area contributed by atoms with Crippen LogP contribution in [0.25, 0.3) is 0 Å². The number of hydrogen-bond donors (Lipinski definition) is 2. The topological polar surface area (TPSA) is 52.8 Å². The Labute approximate surface area is 101 Å². The third-order valence-electron chi connectivity index (χ3n) is 3.41. The van der Waals surface area contributed by atoms with Crippen molar-refractivity contribution in [3.8, 4) is 5.75 Å². The summed E-state index contributed by atoms with van der Waals surface area (Å²) in [5.74, 6) is 0.665. The third-order valence-corrected chi connectivity index (χ3v) is 3.41. The predicted molar refractivity (Wildman–Crippen MR) is 67.8 cm³/mol. The fourth-order valence-corrected chi connectivity index (χ4v) is 2.35. The molecule has 90 valence electrons. The average molecular weight is 231 g/mol. The van der Waals surface area contributed by atoms with Gasteiger partial charge in [-0.1, -0.05) is 23.4 Å². The Hall–Kier alpha value is -1.77. The summed E-state index contributed by atoms with van der Waals surface area (Å²) in [6.45, 7) is 4.01. The van der Waals surface area contributed by atoms with E-state index >= 15 is 0 Å². The van der Waals surface area contributed by atoms with Gasteiger partial charge in [0.15, 0.2) is 0 Å². The van der Waals surface area contributed by atoms with Gasteiger partial charge in [-0.25, -0.2) is 0 Å². The van der Waals surface area contributed by atoms with Crippen LogP contribution >= 0.6 is 0 Å². The van der Waals surface area contributed by atoms with Gasteiger partial charge < -0.3 is 10.3 Å². The van der Waals surface area contributed by atoms with Crippen LogP contribution in [0.4, 0.5) is 0 Å². The lowest BCUT2D eigenvalue weighted by molar-refractivity contribution is 0.321. The zero-order chi connectivity index (χ0) is 12.3. The molecular weight excluding hydrogens is 214 g/mol. The minimum absolute atomic E-state index is 0.145. The smallest absolute Gasteiger partial charge is 0.124 e. The lowest BCUT2D eigenvalue weighted by atomic mass is 9.82. The second-order valence-electron chi connectivity index (χ2n) is 4.59. The van der Waals surface area contributed by atoms with Crippen LogP contribution in [-0.4, -0.2) is 16.5 Å². The molecule has 0 aliphatic heterocycles. The molecule has 17 heavy (non-hydrogen) atoms. The van der Waals surface area contributed by atoms with Crippen LogP contribution in [0.1, 0.15) is 42.7 Å². The lowest BCUT2D eigenvalue weighted by Gasteiger charge is -2.24. The second-order valence-corrected chi connectivity index (χ2v) is 4.59. The molecule has 0 spiro atoms. The highest BCUT2D eigenvalue weighted by Crippen LogP contribution is 2.35. The van der Waals surface area contributed by atoms with Crippen molar-refractivity contribution in [2.75, 3.05) is 0 Å². The molecular formula is C14H17NO2. The molecule has 0 amide bonds. The van der Waals surface area contributed by atoms with E-state index < -0.39 is 0 Å². The normalized spacial score (nSPS) is 17.8. The number of oxime groups is 1. The summed E-state index contributed by atoms with van der Waals surface area (Å²) >= 11 is 0. The highest BCUT2D eigenvalue weighted by atomic mass is 16.4. The Morgan fingerprint density at radius 1 is 1.29 bits per heavy atom. The standard InChI is InChI=1S/C14H17NO2/c1-10-2-4-11(5-3-10)12-6-7-14(16)13(8-12)9-15-17/h6-9,11,16-17H,1-5H2/b15-9+. The van der Waals surface area contributed by atoms with Crippen LogP contribution in [-0.2, 0) is 0 Å². The zero-order valence-electron chi connectivity index (χ0n) is 9.76. The molecule has 0 radical (unpaired) electrons. The van der Waals surface area contributed by atoms with Crippen molar-refractivity contribution in [1.82, 2.24) is 0 Å². The monoisotopic (exact) mass is 231 g/mol. The van der Waals surface area contributed by atoms with Gasteiger partial charge in [-0.2, -0.15) is 0 Å². The van der Waals surface area contributed by atoms with Crippen LogP contribution in [0.5, 0.6) is 5.75 Å². The SMILES string of the molecule is C=C1CCC(c2ccc(O)c(/C=N/O)c2)CC1. The van der Waals surface area contributed by atoms with Crippen molar-refractivity contribution in [2.45, 2.75) is 31.6 Å². The van der Waals surface area contributed by atoms with Crippen LogP contribution in [0.3, 0.4) is 0 Å². The number of phenols is 1. The molecule has 0 bridgehead atoms. The first kappa shape index (κ1) is 11.7. The van der Waals surface area contributed by atoms with Crippen molar-refractivity contribution < 1.29 is 10.3 Å². The van der Waals surface area contributed by atoms with E-state index in [0.29, 0.717) is 11.5 Å². The van der Waals surface area contributed by atoms with E-state index in [1.165, 1.54) is 17.4 Å². The molecule has 1 aromatic carbocycles. The van der Waals surface area contributed by atoms with Crippen LogP contribution < -0.4 is 0 Å². The molecule has 0 unspecified atom stereocenters. The van der Waals surface area contributed by atoms with E-state index in [1.54, 1.807) is 6.07 Å². The Kier molecular flexibility index (Phi) is 3.47. The summed E-state index contributed by atoms with van der Waals surface area (Å²) < 4.78 is 0. The second kappa shape index (κ2) is 5.04. The number of phenolic OH excluding ortho intramolecular Hbond substituents is 1. The van der Waals surface area contributed by atoms with E-state index in [4.69, 9.17) is 5.21 Å². The van der Waals surface area contributed by atoms with Gasteiger partial charge in [0.05, 0.1) is 6.21 Å². The number of nitrogens with zero attached hydrogens (tertiary/aromatic N) is 1. The van der Waals surface area contributed by atoms with Gasteiger partial charge in [-0.3, -0.25) is 0 Å². The molecule has 2 N–H and O–H groups in total. The van der Waals surface area contributed by atoms with Gasteiger partial charge in [0, 0.05) is 5.56 Å². The molecule has 2 rings (SSSR count). The molecule has 1 aliphatic rings. The quantitative estimate of drug-likeness (QED) is 0.354. The minimum atomic E-state index is 0.145. The molecule has 0 aromatic heterocycles. The maximum Gasteiger partial charge on any atom is 0.124 e. The Balaban J connectivity index is 2.21. The Morgan fingerprint density at radius 3 is 2.65 bits per heavy atom. The number of hydrogen-bond acceptors (Lipinski definition) is 3. The largest absolute Gasteiger partial charge is 0.507 e. The van der Waals surface area contributed by atoms with Gasteiger partial charge in [-0.15, -0.1) is 0 Å². The van der Waals surface area contributed by atoms with E-state index in [2.05, 4.69) is 11.7 Å². The van der Waals surface area contributed by atoms with Crippen molar-refractivity contribution in [3.05, 3.63) is 41.5 Å². The number of aromatic hydroxyl groups is 1. The molecule has 3 heteroatoms. The van der Waals surface area contributed by atoms with Gasteiger partial charge in [0.1, 0.15) is 5.75 Å². The molecule has 0 saturated heterocycles. The van der Waals surface area contributed by atoms with Crippen molar-refractivity contribution in [1.29, 1.82) is 0 Å². The van der Waals surface area contributed by atoms with E-state index in [1.807, 2.05) is 12.1 Å². The summed E-state index contributed by atoms with van der Waals surface area (Å²) in [6, 6.07) is 5.51. The van der Waals surface area contributed by atoms with Crippen LogP contribution in [0, 0.1) is 0 Å². The fourth-order valence-electron chi connectivity index (χ4n) is 2.35. The first-order chi connectivity index (χ1) is 8.20.